The van der Waals surface area contributed by atoms with Crippen LogP contribution in [0.2, 0.25) is 0 Å². The number of carbonyl (C=O) groups excluding carboxylic acids is 1. The molecule has 1 amide bonds. The van der Waals surface area contributed by atoms with Crippen molar-refractivity contribution >= 4 is 12.1 Å². The molecule has 0 fully saturated rings. The standard InChI is InChI=1S/C24H24N2O4/c1-18-7-6-10-21(13-18)29-17-24(27)26-25-15-20-11-12-22(23(14-20)28-2)30-16-19-8-4-3-5-9-19/h3-15H,16-17H2,1-2H3,(H,26,27). The minimum absolute atomic E-state index is 0.115. The van der Waals surface area contributed by atoms with Crippen LogP contribution < -0.4 is 19.6 Å². The Morgan fingerprint density at radius 1 is 0.967 bits per heavy atom. The molecular weight excluding hydrogens is 380 g/mol. The molecule has 3 aromatic carbocycles. The molecule has 0 saturated carbocycles. The molecule has 30 heavy (non-hydrogen) atoms. The highest BCUT2D eigenvalue weighted by molar-refractivity contribution is 5.83. The summed E-state index contributed by atoms with van der Waals surface area (Å²) in [5.74, 6) is 1.52. The van der Waals surface area contributed by atoms with Crippen molar-refractivity contribution in [1.29, 1.82) is 0 Å². The van der Waals surface area contributed by atoms with E-state index < -0.39 is 0 Å². The molecule has 3 aromatic rings. The van der Waals surface area contributed by atoms with Crippen molar-refractivity contribution in [3.63, 3.8) is 0 Å². The number of benzene rings is 3. The summed E-state index contributed by atoms with van der Waals surface area (Å²) in [7, 11) is 1.58. The van der Waals surface area contributed by atoms with Gasteiger partial charge in [0.25, 0.3) is 5.91 Å². The summed E-state index contributed by atoms with van der Waals surface area (Å²) in [6.07, 6.45) is 1.54. The summed E-state index contributed by atoms with van der Waals surface area (Å²) in [5, 5.41) is 3.97. The normalized spacial score (nSPS) is 10.6. The maximum Gasteiger partial charge on any atom is 0.277 e. The lowest BCUT2D eigenvalue weighted by atomic mass is 10.2. The van der Waals surface area contributed by atoms with Crippen LogP contribution in [0, 0.1) is 6.92 Å². The van der Waals surface area contributed by atoms with Gasteiger partial charge in [-0.05, 0) is 53.9 Å². The molecule has 6 nitrogen and oxygen atoms in total. The highest BCUT2D eigenvalue weighted by atomic mass is 16.5. The van der Waals surface area contributed by atoms with Crippen LogP contribution in [0.4, 0.5) is 0 Å². The summed E-state index contributed by atoms with van der Waals surface area (Å²) < 4.78 is 16.7. The number of nitrogens with zero attached hydrogens (tertiary/aromatic N) is 1. The highest BCUT2D eigenvalue weighted by Crippen LogP contribution is 2.28. The van der Waals surface area contributed by atoms with Crippen molar-refractivity contribution in [2.45, 2.75) is 13.5 Å². The Kier molecular flexibility index (Phi) is 7.44. The zero-order valence-electron chi connectivity index (χ0n) is 17.0. The Labute approximate surface area is 176 Å². The van der Waals surface area contributed by atoms with Gasteiger partial charge in [0.1, 0.15) is 12.4 Å². The number of hydrogen-bond acceptors (Lipinski definition) is 5. The molecule has 0 spiro atoms. The molecule has 0 atom stereocenters. The number of carbonyl (C=O) groups is 1. The van der Waals surface area contributed by atoms with E-state index in [0.717, 1.165) is 16.7 Å². The first-order chi connectivity index (χ1) is 14.6. The lowest BCUT2D eigenvalue weighted by molar-refractivity contribution is -0.123. The summed E-state index contributed by atoms with van der Waals surface area (Å²) in [5.41, 5.74) is 5.35. The molecule has 0 saturated heterocycles. The van der Waals surface area contributed by atoms with Crippen LogP contribution in [-0.2, 0) is 11.4 Å². The summed E-state index contributed by atoms with van der Waals surface area (Å²) in [4.78, 5) is 11.9. The molecule has 0 unspecified atom stereocenters. The van der Waals surface area contributed by atoms with Crippen LogP contribution >= 0.6 is 0 Å². The average molecular weight is 404 g/mol. The predicted molar refractivity (Wildman–Crippen MR) is 116 cm³/mol. The molecule has 0 aliphatic rings. The van der Waals surface area contributed by atoms with E-state index in [1.165, 1.54) is 6.21 Å². The van der Waals surface area contributed by atoms with E-state index in [1.54, 1.807) is 19.2 Å². The zero-order chi connectivity index (χ0) is 21.2. The zero-order valence-corrected chi connectivity index (χ0v) is 17.0. The first kappa shape index (κ1) is 20.9. The smallest absolute Gasteiger partial charge is 0.277 e. The molecule has 0 heterocycles. The number of aryl methyl sites for hydroxylation is 1. The number of rotatable bonds is 9. The Morgan fingerprint density at radius 3 is 2.57 bits per heavy atom. The van der Waals surface area contributed by atoms with Crippen molar-refractivity contribution in [3.05, 3.63) is 89.5 Å². The van der Waals surface area contributed by atoms with E-state index in [-0.39, 0.29) is 12.5 Å². The fourth-order valence-corrected chi connectivity index (χ4v) is 2.68. The van der Waals surface area contributed by atoms with Gasteiger partial charge in [-0.2, -0.15) is 5.10 Å². The fourth-order valence-electron chi connectivity index (χ4n) is 2.68. The van der Waals surface area contributed by atoms with Gasteiger partial charge < -0.3 is 14.2 Å². The average Bonchev–Trinajstić information content (AvgIpc) is 2.77. The van der Waals surface area contributed by atoms with E-state index in [4.69, 9.17) is 14.2 Å². The van der Waals surface area contributed by atoms with Gasteiger partial charge in [-0.3, -0.25) is 4.79 Å². The van der Waals surface area contributed by atoms with Gasteiger partial charge in [-0.15, -0.1) is 0 Å². The summed E-state index contributed by atoms with van der Waals surface area (Å²) >= 11 is 0. The SMILES string of the molecule is COc1cc(C=NNC(=O)COc2cccc(C)c2)ccc1OCc1ccccc1. The minimum Gasteiger partial charge on any atom is -0.493 e. The Balaban J connectivity index is 1.51. The number of hydrogen-bond donors (Lipinski definition) is 1. The second kappa shape index (κ2) is 10.7. The van der Waals surface area contributed by atoms with Crippen LogP contribution in [0.3, 0.4) is 0 Å². The fraction of sp³-hybridized carbons (Fsp3) is 0.167. The van der Waals surface area contributed by atoms with Crippen LogP contribution in [0.15, 0.2) is 77.9 Å². The second-order valence-corrected chi connectivity index (χ2v) is 6.58. The quantitative estimate of drug-likeness (QED) is 0.430. The van der Waals surface area contributed by atoms with E-state index in [1.807, 2.05) is 67.6 Å². The van der Waals surface area contributed by atoms with Gasteiger partial charge in [0.15, 0.2) is 18.1 Å². The predicted octanol–water partition coefficient (Wildman–Crippen LogP) is 4.11. The monoisotopic (exact) mass is 404 g/mol. The molecule has 0 aliphatic heterocycles. The summed E-state index contributed by atoms with van der Waals surface area (Å²) in [6, 6.07) is 22.8. The van der Waals surface area contributed by atoms with Gasteiger partial charge in [-0.25, -0.2) is 5.43 Å². The topological polar surface area (TPSA) is 69.2 Å². The van der Waals surface area contributed by atoms with Gasteiger partial charge in [0.2, 0.25) is 0 Å². The van der Waals surface area contributed by atoms with Crippen molar-refractivity contribution in [1.82, 2.24) is 5.43 Å². The second-order valence-electron chi connectivity index (χ2n) is 6.58. The molecule has 0 aliphatic carbocycles. The first-order valence-electron chi connectivity index (χ1n) is 9.50. The third kappa shape index (κ3) is 6.38. The van der Waals surface area contributed by atoms with Crippen LogP contribution in [0.25, 0.3) is 0 Å². The molecule has 6 heteroatoms. The first-order valence-corrected chi connectivity index (χ1v) is 9.50. The molecule has 3 rings (SSSR count). The highest BCUT2D eigenvalue weighted by Gasteiger charge is 2.06. The molecule has 1 N–H and O–H groups in total. The van der Waals surface area contributed by atoms with E-state index in [0.29, 0.717) is 23.9 Å². The number of nitrogens with one attached hydrogen (secondary N) is 1. The molecule has 0 aromatic heterocycles. The van der Waals surface area contributed by atoms with Crippen molar-refractivity contribution in [3.8, 4) is 17.2 Å². The lowest BCUT2D eigenvalue weighted by Crippen LogP contribution is -2.24. The van der Waals surface area contributed by atoms with Gasteiger partial charge in [0, 0.05) is 0 Å². The maximum absolute atomic E-state index is 11.9. The molecular formula is C24H24N2O4. The number of methoxy groups -OCH3 is 1. The number of amides is 1. The lowest BCUT2D eigenvalue weighted by Gasteiger charge is -2.11. The Bertz CT molecular complexity index is 1000. The van der Waals surface area contributed by atoms with E-state index in [9.17, 15) is 4.79 Å². The molecule has 0 bridgehead atoms. The Hall–Kier alpha value is -3.80. The Morgan fingerprint density at radius 2 is 1.80 bits per heavy atom. The number of hydrazone groups is 1. The van der Waals surface area contributed by atoms with Gasteiger partial charge in [0.05, 0.1) is 13.3 Å². The van der Waals surface area contributed by atoms with E-state index in [2.05, 4.69) is 10.5 Å². The van der Waals surface area contributed by atoms with Crippen molar-refractivity contribution in [2.75, 3.05) is 13.7 Å². The van der Waals surface area contributed by atoms with Gasteiger partial charge in [-0.1, -0.05) is 42.5 Å². The van der Waals surface area contributed by atoms with Crippen molar-refractivity contribution < 1.29 is 19.0 Å². The third-order valence-electron chi connectivity index (χ3n) is 4.19. The maximum atomic E-state index is 11.9. The van der Waals surface area contributed by atoms with Crippen LogP contribution in [-0.4, -0.2) is 25.8 Å². The number of ether oxygens (including phenoxy) is 3. The molecule has 0 radical (unpaired) electrons. The van der Waals surface area contributed by atoms with Crippen LogP contribution in [0.1, 0.15) is 16.7 Å². The molecule has 154 valence electrons. The largest absolute Gasteiger partial charge is 0.493 e. The summed E-state index contributed by atoms with van der Waals surface area (Å²) in [6.45, 7) is 2.29. The van der Waals surface area contributed by atoms with Gasteiger partial charge >= 0.3 is 0 Å². The minimum atomic E-state index is -0.345. The van der Waals surface area contributed by atoms with Crippen LogP contribution in [0.5, 0.6) is 17.2 Å². The third-order valence-corrected chi connectivity index (χ3v) is 4.19. The van der Waals surface area contributed by atoms with E-state index >= 15 is 0 Å². The van der Waals surface area contributed by atoms with Crippen molar-refractivity contribution in [2.24, 2.45) is 5.10 Å².